The molecule has 1 rings (SSSR count). The van der Waals surface area contributed by atoms with E-state index in [0.717, 1.165) is 30.4 Å². The maximum absolute atomic E-state index is 5.39. The molecule has 0 aliphatic rings. The number of hydrogen-bond donors (Lipinski definition) is 1. The average Bonchev–Trinajstić information content (AvgIpc) is 2.51. The smallest absolute Gasteiger partial charge is 0.161 e. The number of ether oxygens (including phenoxy) is 2. The van der Waals surface area contributed by atoms with E-state index in [2.05, 4.69) is 38.2 Å². The molecule has 0 fully saturated rings. The Labute approximate surface area is 123 Å². The van der Waals surface area contributed by atoms with Crippen molar-refractivity contribution in [3.8, 4) is 11.5 Å². The van der Waals surface area contributed by atoms with Gasteiger partial charge in [0.25, 0.3) is 0 Å². The predicted molar refractivity (Wildman–Crippen MR) is 84.7 cm³/mol. The van der Waals surface area contributed by atoms with Gasteiger partial charge in [-0.25, -0.2) is 0 Å². The van der Waals surface area contributed by atoms with Crippen LogP contribution >= 0.6 is 0 Å². The van der Waals surface area contributed by atoms with E-state index in [9.17, 15) is 0 Å². The standard InChI is InChI=1S/C17H29NO2/c1-6-13(7-2)12-18-15(8-3)14-9-10-16(19-4)17(11-14)20-5/h9-11,13,15,18H,6-8,12H2,1-5H3. The molecule has 0 aliphatic heterocycles. The highest BCUT2D eigenvalue weighted by atomic mass is 16.5. The summed E-state index contributed by atoms with van der Waals surface area (Å²) in [5, 5.41) is 3.68. The van der Waals surface area contributed by atoms with Gasteiger partial charge in [0.15, 0.2) is 11.5 Å². The van der Waals surface area contributed by atoms with E-state index >= 15 is 0 Å². The third-order valence-corrected chi connectivity index (χ3v) is 4.03. The van der Waals surface area contributed by atoms with Crippen molar-refractivity contribution in [2.24, 2.45) is 5.92 Å². The molecule has 114 valence electrons. The topological polar surface area (TPSA) is 30.5 Å². The first-order chi connectivity index (χ1) is 9.69. The number of nitrogens with one attached hydrogen (secondary N) is 1. The second-order valence-electron chi connectivity index (χ2n) is 5.17. The van der Waals surface area contributed by atoms with Crippen molar-refractivity contribution in [2.75, 3.05) is 20.8 Å². The molecule has 0 saturated heterocycles. The van der Waals surface area contributed by atoms with Crippen LogP contribution in [0.15, 0.2) is 18.2 Å². The van der Waals surface area contributed by atoms with Crippen molar-refractivity contribution in [3.05, 3.63) is 23.8 Å². The SMILES string of the molecule is CCC(CC)CNC(CC)c1ccc(OC)c(OC)c1. The third kappa shape index (κ3) is 4.41. The summed E-state index contributed by atoms with van der Waals surface area (Å²) in [5.41, 5.74) is 1.26. The molecule has 0 bridgehead atoms. The molecule has 0 spiro atoms. The molecule has 0 amide bonds. The lowest BCUT2D eigenvalue weighted by molar-refractivity contribution is 0.353. The van der Waals surface area contributed by atoms with Crippen LogP contribution in [0, 0.1) is 5.92 Å². The minimum Gasteiger partial charge on any atom is -0.493 e. The molecule has 1 atom stereocenters. The zero-order chi connectivity index (χ0) is 15.0. The van der Waals surface area contributed by atoms with Gasteiger partial charge in [-0.2, -0.15) is 0 Å². The minimum absolute atomic E-state index is 0.371. The van der Waals surface area contributed by atoms with Crippen LogP contribution in [0.2, 0.25) is 0 Å². The fourth-order valence-corrected chi connectivity index (χ4v) is 2.45. The summed E-state index contributed by atoms with van der Waals surface area (Å²) < 4.78 is 10.7. The molecular formula is C17H29NO2. The lowest BCUT2D eigenvalue weighted by Gasteiger charge is -2.22. The molecular weight excluding hydrogens is 250 g/mol. The van der Waals surface area contributed by atoms with E-state index in [0.29, 0.717) is 6.04 Å². The Balaban J connectivity index is 2.79. The molecule has 0 heterocycles. The van der Waals surface area contributed by atoms with Crippen molar-refractivity contribution in [2.45, 2.75) is 46.1 Å². The molecule has 3 heteroatoms. The lowest BCUT2D eigenvalue weighted by atomic mass is 10.00. The summed E-state index contributed by atoms with van der Waals surface area (Å²) >= 11 is 0. The first-order valence-corrected chi connectivity index (χ1v) is 7.65. The molecule has 3 nitrogen and oxygen atoms in total. The van der Waals surface area contributed by atoms with Crippen molar-refractivity contribution in [1.82, 2.24) is 5.32 Å². The van der Waals surface area contributed by atoms with Gasteiger partial charge in [-0.15, -0.1) is 0 Å². The van der Waals surface area contributed by atoms with Crippen molar-refractivity contribution < 1.29 is 9.47 Å². The van der Waals surface area contributed by atoms with Crippen LogP contribution < -0.4 is 14.8 Å². The molecule has 1 N–H and O–H groups in total. The van der Waals surface area contributed by atoms with E-state index in [1.807, 2.05) is 6.07 Å². The number of methoxy groups -OCH3 is 2. The van der Waals surface area contributed by atoms with Crippen LogP contribution in [0.3, 0.4) is 0 Å². The van der Waals surface area contributed by atoms with Crippen LogP contribution in [0.25, 0.3) is 0 Å². The zero-order valence-corrected chi connectivity index (χ0v) is 13.5. The van der Waals surface area contributed by atoms with E-state index in [1.54, 1.807) is 14.2 Å². The monoisotopic (exact) mass is 279 g/mol. The first kappa shape index (κ1) is 16.8. The summed E-state index contributed by atoms with van der Waals surface area (Å²) in [6.07, 6.45) is 3.52. The fraction of sp³-hybridized carbons (Fsp3) is 0.647. The highest BCUT2D eigenvalue weighted by Crippen LogP contribution is 2.30. The van der Waals surface area contributed by atoms with Gasteiger partial charge in [-0.05, 0) is 36.6 Å². The minimum atomic E-state index is 0.371. The van der Waals surface area contributed by atoms with Crippen molar-refractivity contribution >= 4 is 0 Å². The normalized spacial score (nSPS) is 12.5. The van der Waals surface area contributed by atoms with E-state index in [4.69, 9.17) is 9.47 Å². The highest BCUT2D eigenvalue weighted by molar-refractivity contribution is 5.43. The van der Waals surface area contributed by atoms with E-state index < -0.39 is 0 Å². The second kappa shape index (κ2) is 8.85. The van der Waals surface area contributed by atoms with Gasteiger partial charge < -0.3 is 14.8 Å². The Morgan fingerprint density at radius 1 is 0.950 bits per heavy atom. The Morgan fingerprint density at radius 2 is 1.60 bits per heavy atom. The fourth-order valence-electron chi connectivity index (χ4n) is 2.45. The lowest BCUT2D eigenvalue weighted by Crippen LogP contribution is -2.26. The molecule has 0 saturated carbocycles. The van der Waals surface area contributed by atoms with E-state index in [1.165, 1.54) is 18.4 Å². The molecule has 0 aliphatic carbocycles. The molecule has 1 aromatic carbocycles. The zero-order valence-electron chi connectivity index (χ0n) is 13.5. The number of benzene rings is 1. The Kier molecular flexibility index (Phi) is 7.45. The molecule has 0 aromatic heterocycles. The van der Waals surface area contributed by atoms with Crippen LogP contribution in [-0.2, 0) is 0 Å². The third-order valence-electron chi connectivity index (χ3n) is 4.03. The second-order valence-corrected chi connectivity index (χ2v) is 5.17. The van der Waals surface area contributed by atoms with Gasteiger partial charge >= 0.3 is 0 Å². The number of hydrogen-bond acceptors (Lipinski definition) is 3. The summed E-state index contributed by atoms with van der Waals surface area (Å²) in [5.74, 6) is 2.34. The van der Waals surface area contributed by atoms with Crippen LogP contribution in [0.4, 0.5) is 0 Å². The maximum Gasteiger partial charge on any atom is 0.161 e. The Bertz CT molecular complexity index is 389. The summed E-state index contributed by atoms with van der Waals surface area (Å²) in [7, 11) is 3.35. The van der Waals surface area contributed by atoms with Crippen LogP contribution in [0.1, 0.15) is 51.6 Å². The van der Waals surface area contributed by atoms with Gasteiger partial charge in [0.2, 0.25) is 0 Å². The van der Waals surface area contributed by atoms with Gasteiger partial charge in [-0.1, -0.05) is 39.7 Å². The van der Waals surface area contributed by atoms with Gasteiger partial charge in [0.1, 0.15) is 0 Å². The Hall–Kier alpha value is -1.22. The first-order valence-electron chi connectivity index (χ1n) is 7.65. The molecule has 20 heavy (non-hydrogen) atoms. The quantitative estimate of drug-likeness (QED) is 0.735. The Morgan fingerprint density at radius 3 is 2.10 bits per heavy atom. The van der Waals surface area contributed by atoms with Gasteiger partial charge in [-0.3, -0.25) is 0 Å². The predicted octanol–water partition coefficient (Wildman–Crippen LogP) is 4.18. The molecule has 1 unspecified atom stereocenters. The summed E-state index contributed by atoms with van der Waals surface area (Å²) in [6.45, 7) is 7.79. The van der Waals surface area contributed by atoms with Gasteiger partial charge in [0.05, 0.1) is 14.2 Å². The van der Waals surface area contributed by atoms with Crippen LogP contribution in [0.5, 0.6) is 11.5 Å². The van der Waals surface area contributed by atoms with Gasteiger partial charge in [0, 0.05) is 6.04 Å². The molecule has 0 radical (unpaired) electrons. The van der Waals surface area contributed by atoms with Crippen LogP contribution in [-0.4, -0.2) is 20.8 Å². The largest absolute Gasteiger partial charge is 0.493 e. The van der Waals surface area contributed by atoms with Crippen molar-refractivity contribution in [3.63, 3.8) is 0 Å². The number of rotatable bonds is 9. The van der Waals surface area contributed by atoms with E-state index in [-0.39, 0.29) is 0 Å². The average molecular weight is 279 g/mol. The summed E-state index contributed by atoms with van der Waals surface area (Å²) in [6, 6.07) is 6.55. The maximum atomic E-state index is 5.39. The van der Waals surface area contributed by atoms with Crippen molar-refractivity contribution in [1.29, 1.82) is 0 Å². The molecule has 1 aromatic rings. The summed E-state index contributed by atoms with van der Waals surface area (Å²) in [4.78, 5) is 0. The highest BCUT2D eigenvalue weighted by Gasteiger charge is 2.13.